The van der Waals surface area contributed by atoms with Crippen LogP contribution in [0, 0.1) is 0 Å². The van der Waals surface area contributed by atoms with Crippen LogP contribution < -0.4 is 0 Å². The highest BCUT2D eigenvalue weighted by molar-refractivity contribution is 6.62. The third-order valence-corrected chi connectivity index (χ3v) is 1.60. The van der Waals surface area contributed by atoms with Gasteiger partial charge in [0, 0.05) is 12.6 Å². The number of likely N-dealkylation sites (N-methyl/N-ethyl adjacent to an activating group) is 1. The van der Waals surface area contributed by atoms with Crippen LogP contribution in [-0.4, -0.2) is 36.4 Å². The van der Waals surface area contributed by atoms with Gasteiger partial charge in [-0.1, -0.05) is 6.58 Å². The number of hydrogen-bond donors (Lipinski definition) is 0. The van der Waals surface area contributed by atoms with Gasteiger partial charge in [-0.15, -0.1) is 0 Å². The van der Waals surface area contributed by atoms with E-state index in [4.69, 9.17) is 16.3 Å². The van der Waals surface area contributed by atoms with Gasteiger partial charge in [0.25, 0.3) is 0 Å². The van der Waals surface area contributed by atoms with Crippen LogP contribution in [-0.2, 0) is 9.53 Å². The quantitative estimate of drug-likeness (QED) is 0.302. The monoisotopic (exact) mass is 205 g/mol. The zero-order valence-electron chi connectivity index (χ0n) is 7.67. The van der Waals surface area contributed by atoms with E-state index in [9.17, 15) is 9.59 Å². The molecule has 5 heteroatoms. The largest absolute Gasteiger partial charge is 0.460 e. The summed E-state index contributed by atoms with van der Waals surface area (Å²) in [5.41, 5.74) is 0.333. The first-order chi connectivity index (χ1) is 5.95. The highest BCUT2D eigenvalue weighted by Crippen LogP contribution is 1.94. The van der Waals surface area contributed by atoms with Crippen molar-refractivity contribution in [3.8, 4) is 0 Å². The van der Waals surface area contributed by atoms with Crippen molar-refractivity contribution in [1.29, 1.82) is 0 Å². The van der Waals surface area contributed by atoms with Gasteiger partial charge in [-0.25, -0.2) is 4.79 Å². The second-order valence-corrected chi connectivity index (χ2v) is 2.91. The van der Waals surface area contributed by atoms with E-state index < -0.39 is 11.3 Å². The number of nitrogens with zero attached hydrogens (tertiary/aromatic N) is 1. The third kappa shape index (κ3) is 5.25. The second kappa shape index (κ2) is 5.59. The predicted octanol–water partition coefficient (Wildman–Crippen LogP) is 1.40. The summed E-state index contributed by atoms with van der Waals surface area (Å²) in [5.74, 6) is -0.463. The topological polar surface area (TPSA) is 46.6 Å². The first-order valence-corrected chi connectivity index (χ1v) is 4.06. The molecule has 0 aromatic heterocycles. The van der Waals surface area contributed by atoms with E-state index in [0.717, 1.165) is 0 Å². The first-order valence-electron chi connectivity index (χ1n) is 3.68. The Morgan fingerprint density at radius 3 is 2.46 bits per heavy atom. The number of halogens is 1. The smallest absolute Gasteiger partial charge is 0.333 e. The molecule has 4 nitrogen and oxygen atoms in total. The molecule has 1 amide bonds. The van der Waals surface area contributed by atoms with E-state index in [1.54, 1.807) is 6.92 Å². The molecule has 13 heavy (non-hydrogen) atoms. The maximum absolute atomic E-state index is 10.8. The van der Waals surface area contributed by atoms with Crippen LogP contribution in [0.3, 0.4) is 0 Å². The lowest BCUT2D eigenvalue weighted by Crippen LogP contribution is -2.26. The number of carbonyl (C=O) groups is 2. The summed E-state index contributed by atoms with van der Waals surface area (Å²) in [6, 6.07) is 0. The molecule has 0 radical (unpaired) electrons. The molecule has 0 aromatic carbocycles. The van der Waals surface area contributed by atoms with Crippen molar-refractivity contribution in [3.63, 3.8) is 0 Å². The van der Waals surface area contributed by atoms with E-state index in [1.165, 1.54) is 11.9 Å². The lowest BCUT2D eigenvalue weighted by atomic mass is 10.4. The van der Waals surface area contributed by atoms with Crippen LogP contribution in [0.1, 0.15) is 6.92 Å². The number of rotatable bonds is 4. The maximum Gasteiger partial charge on any atom is 0.333 e. The minimum absolute atomic E-state index is 0.126. The van der Waals surface area contributed by atoms with Crippen molar-refractivity contribution in [2.45, 2.75) is 6.92 Å². The van der Waals surface area contributed by atoms with Gasteiger partial charge in [0.1, 0.15) is 6.61 Å². The molecule has 0 aliphatic rings. The highest BCUT2D eigenvalue weighted by Gasteiger charge is 2.06. The molecular weight excluding hydrogens is 194 g/mol. The van der Waals surface area contributed by atoms with Crippen LogP contribution in [0.5, 0.6) is 0 Å². The standard InChI is InChI=1S/C8H12ClNO3/c1-6(2)7(11)13-5-4-10(3)8(9)12/h1,4-5H2,2-3H3. The van der Waals surface area contributed by atoms with Crippen LogP contribution in [0.4, 0.5) is 4.79 Å². The predicted molar refractivity (Wildman–Crippen MR) is 49.7 cm³/mol. The Morgan fingerprint density at radius 1 is 1.54 bits per heavy atom. The summed E-state index contributed by atoms with van der Waals surface area (Å²) >= 11 is 5.14. The molecule has 0 bridgehead atoms. The molecule has 0 rings (SSSR count). The fraction of sp³-hybridized carbons (Fsp3) is 0.500. The molecule has 0 saturated heterocycles. The van der Waals surface area contributed by atoms with Crippen molar-refractivity contribution < 1.29 is 14.3 Å². The minimum Gasteiger partial charge on any atom is -0.460 e. The first kappa shape index (κ1) is 12.0. The average Bonchev–Trinajstić information content (AvgIpc) is 2.03. The normalized spacial score (nSPS) is 9.15. The number of ether oxygens (including phenoxy) is 1. The van der Waals surface area contributed by atoms with Crippen LogP contribution in [0.2, 0.25) is 0 Å². The van der Waals surface area contributed by atoms with Gasteiger partial charge in [0.15, 0.2) is 0 Å². The fourth-order valence-electron chi connectivity index (χ4n) is 0.486. The van der Waals surface area contributed by atoms with Gasteiger partial charge in [0.2, 0.25) is 0 Å². The van der Waals surface area contributed by atoms with Gasteiger partial charge >= 0.3 is 11.3 Å². The van der Waals surface area contributed by atoms with Crippen LogP contribution in [0.15, 0.2) is 12.2 Å². The van der Waals surface area contributed by atoms with Crippen molar-refractivity contribution >= 4 is 22.9 Å². The second-order valence-electron chi connectivity index (χ2n) is 2.59. The molecule has 0 saturated carbocycles. The van der Waals surface area contributed by atoms with Crippen LogP contribution >= 0.6 is 11.6 Å². The number of hydrogen-bond acceptors (Lipinski definition) is 3. The SMILES string of the molecule is C=C(C)C(=O)OCCN(C)C(=O)Cl. The van der Waals surface area contributed by atoms with E-state index in [1.807, 2.05) is 0 Å². The lowest BCUT2D eigenvalue weighted by Gasteiger charge is -2.12. The van der Waals surface area contributed by atoms with Gasteiger partial charge in [-0.3, -0.25) is 4.79 Å². The molecular formula is C8H12ClNO3. The summed E-state index contributed by atoms with van der Waals surface area (Å²) in [4.78, 5) is 22.6. The number of esters is 1. The van der Waals surface area contributed by atoms with Gasteiger partial charge in [-0.05, 0) is 18.5 Å². The summed E-state index contributed by atoms with van der Waals surface area (Å²) < 4.78 is 4.73. The van der Waals surface area contributed by atoms with Crippen molar-refractivity contribution in [2.24, 2.45) is 0 Å². The Morgan fingerprint density at radius 2 is 2.08 bits per heavy atom. The van der Waals surface area contributed by atoms with E-state index in [-0.39, 0.29) is 13.2 Å². The summed E-state index contributed by atoms with van der Waals surface area (Å²) in [6.07, 6.45) is 0. The summed E-state index contributed by atoms with van der Waals surface area (Å²) in [6.45, 7) is 5.37. The van der Waals surface area contributed by atoms with Crippen molar-refractivity contribution in [3.05, 3.63) is 12.2 Å². The Labute approximate surface area is 82.1 Å². The molecule has 0 fully saturated rings. The molecule has 0 spiro atoms. The van der Waals surface area contributed by atoms with E-state index in [2.05, 4.69) is 6.58 Å². The van der Waals surface area contributed by atoms with Crippen molar-refractivity contribution in [2.75, 3.05) is 20.2 Å². The third-order valence-electron chi connectivity index (χ3n) is 1.31. The molecule has 0 aliphatic heterocycles. The van der Waals surface area contributed by atoms with Gasteiger partial charge in [-0.2, -0.15) is 0 Å². The highest BCUT2D eigenvalue weighted by atomic mass is 35.5. The lowest BCUT2D eigenvalue weighted by molar-refractivity contribution is -0.139. The maximum atomic E-state index is 10.8. The molecule has 0 unspecified atom stereocenters. The minimum atomic E-state index is -0.577. The van der Waals surface area contributed by atoms with Gasteiger partial charge < -0.3 is 9.64 Å². The van der Waals surface area contributed by atoms with E-state index in [0.29, 0.717) is 5.57 Å². The summed E-state index contributed by atoms with van der Waals surface area (Å²) in [7, 11) is 1.52. The Bertz CT molecular complexity index is 227. The Kier molecular flexibility index (Phi) is 5.14. The Balaban J connectivity index is 3.62. The number of amides is 1. The molecule has 0 heterocycles. The van der Waals surface area contributed by atoms with Crippen molar-refractivity contribution in [1.82, 2.24) is 4.90 Å². The Hall–Kier alpha value is -1.03. The zero-order chi connectivity index (χ0) is 10.4. The summed E-state index contributed by atoms with van der Waals surface area (Å²) in [5, 5.41) is -0.577. The number of carbonyl (C=O) groups excluding carboxylic acids is 2. The fourth-order valence-corrected chi connectivity index (χ4v) is 0.571. The van der Waals surface area contributed by atoms with Crippen LogP contribution in [0.25, 0.3) is 0 Å². The molecule has 0 aromatic rings. The zero-order valence-corrected chi connectivity index (χ0v) is 8.43. The molecule has 0 N–H and O–H groups in total. The molecule has 74 valence electrons. The molecule has 0 atom stereocenters. The molecule has 0 aliphatic carbocycles. The van der Waals surface area contributed by atoms with E-state index >= 15 is 0 Å². The van der Waals surface area contributed by atoms with Gasteiger partial charge in [0.05, 0.1) is 6.54 Å². The average molecular weight is 206 g/mol.